The second-order valence-electron chi connectivity index (χ2n) is 4.76. The zero-order chi connectivity index (χ0) is 13.1. The molecule has 0 bridgehead atoms. The van der Waals surface area contributed by atoms with Gasteiger partial charge in [0.1, 0.15) is 5.01 Å². The standard InChI is InChI=1S/C12H19N3O2S/c1-9(15-5-3-14(2)4-6-15)12-13-10(8-18-12)7-11(16)17/h8-9H,3-7H2,1-2H3,(H,16,17). The Morgan fingerprint density at radius 1 is 1.50 bits per heavy atom. The van der Waals surface area contributed by atoms with Gasteiger partial charge in [-0.05, 0) is 14.0 Å². The van der Waals surface area contributed by atoms with Crippen molar-refractivity contribution in [2.45, 2.75) is 19.4 Å². The van der Waals surface area contributed by atoms with Gasteiger partial charge >= 0.3 is 5.97 Å². The van der Waals surface area contributed by atoms with Gasteiger partial charge in [0.05, 0.1) is 18.2 Å². The molecule has 1 aromatic rings. The van der Waals surface area contributed by atoms with Gasteiger partial charge in [-0.1, -0.05) is 0 Å². The van der Waals surface area contributed by atoms with Gasteiger partial charge in [0.25, 0.3) is 0 Å². The smallest absolute Gasteiger partial charge is 0.309 e. The maximum Gasteiger partial charge on any atom is 0.309 e. The molecule has 1 aliphatic rings. The Kier molecular flexibility index (Phi) is 4.31. The van der Waals surface area contributed by atoms with E-state index in [1.165, 1.54) is 0 Å². The maximum atomic E-state index is 10.6. The molecule has 1 N–H and O–H groups in total. The van der Waals surface area contributed by atoms with Crippen molar-refractivity contribution >= 4 is 17.3 Å². The molecule has 1 saturated heterocycles. The van der Waals surface area contributed by atoms with Crippen molar-refractivity contribution < 1.29 is 9.90 Å². The SMILES string of the molecule is CC(c1nc(CC(=O)O)cs1)N1CCN(C)CC1. The molecule has 2 rings (SSSR count). The molecule has 1 unspecified atom stereocenters. The van der Waals surface area contributed by atoms with E-state index in [9.17, 15) is 4.79 Å². The number of hydrogen-bond acceptors (Lipinski definition) is 5. The Morgan fingerprint density at radius 2 is 2.17 bits per heavy atom. The number of nitrogens with zero attached hydrogens (tertiary/aromatic N) is 3. The predicted molar refractivity (Wildman–Crippen MR) is 70.9 cm³/mol. The second kappa shape index (κ2) is 5.77. The van der Waals surface area contributed by atoms with Crippen LogP contribution in [0.3, 0.4) is 0 Å². The summed E-state index contributed by atoms with van der Waals surface area (Å²) in [6, 6.07) is 0.284. The molecule has 2 heterocycles. The Labute approximate surface area is 111 Å². The highest BCUT2D eigenvalue weighted by Crippen LogP contribution is 2.24. The number of rotatable bonds is 4. The van der Waals surface area contributed by atoms with E-state index in [2.05, 4.69) is 28.8 Å². The van der Waals surface area contributed by atoms with Crippen LogP contribution < -0.4 is 0 Å². The third-order valence-electron chi connectivity index (χ3n) is 3.34. The van der Waals surface area contributed by atoms with Crippen LogP contribution in [0.1, 0.15) is 23.7 Å². The summed E-state index contributed by atoms with van der Waals surface area (Å²) in [6.45, 7) is 6.40. The lowest BCUT2D eigenvalue weighted by Gasteiger charge is -2.35. The van der Waals surface area contributed by atoms with E-state index in [4.69, 9.17) is 5.11 Å². The van der Waals surface area contributed by atoms with Crippen molar-refractivity contribution in [2.75, 3.05) is 33.2 Å². The maximum absolute atomic E-state index is 10.6. The molecule has 5 nitrogen and oxygen atoms in total. The van der Waals surface area contributed by atoms with Crippen LogP contribution in [-0.2, 0) is 11.2 Å². The van der Waals surface area contributed by atoms with Crippen molar-refractivity contribution in [3.63, 3.8) is 0 Å². The van der Waals surface area contributed by atoms with Crippen LogP contribution in [0.2, 0.25) is 0 Å². The van der Waals surface area contributed by atoms with Gasteiger partial charge in [-0.3, -0.25) is 9.69 Å². The number of carbonyl (C=O) groups is 1. The number of likely N-dealkylation sites (N-methyl/N-ethyl adjacent to an activating group) is 1. The molecule has 0 spiro atoms. The first kappa shape index (κ1) is 13.5. The van der Waals surface area contributed by atoms with E-state index in [-0.39, 0.29) is 12.5 Å². The van der Waals surface area contributed by atoms with E-state index >= 15 is 0 Å². The van der Waals surface area contributed by atoms with E-state index in [0.717, 1.165) is 31.2 Å². The third-order valence-corrected chi connectivity index (χ3v) is 4.41. The Bertz CT molecular complexity index is 413. The van der Waals surface area contributed by atoms with Crippen LogP contribution >= 0.6 is 11.3 Å². The first-order valence-electron chi connectivity index (χ1n) is 6.15. The second-order valence-corrected chi connectivity index (χ2v) is 5.65. The summed E-state index contributed by atoms with van der Waals surface area (Å²) in [6.07, 6.45) is 0.0198. The number of carboxylic acid groups (broad SMARTS) is 1. The number of piperazine rings is 1. The van der Waals surface area contributed by atoms with Gasteiger partial charge in [-0.2, -0.15) is 0 Å². The topological polar surface area (TPSA) is 56.7 Å². The van der Waals surface area contributed by atoms with Crippen LogP contribution in [0, 0.1) is 0 Å². The van der Waals surface area contributed by atoms with Crippen molar-refractivity contribution in [3.05, 3.63) is 16.1 Å². The quantitative estimate of drug-likeness (QED) is 0.886. The average molecular weight is 269 g/mol. The van der Waals surface area contributed by atoms with Crippen molar-refractivity contribution in [2.24, 2.45) is 0 Å². The molecule has 1 aromatic heterocycles. The molecule has 0 saturated carbocycles. The minimum absolute atomic E-state index is 0.0198. The van der Waals surface area contributed by atoms with Crippen molar-refractivity contribution in [1.29, 1.82) is 0 Å². The molecule has 1 fully saturated rings. The van der Waals surface area contributed by atoms with E-state index in [1.54, 1.807) is 11.3 Å². The van der Waals surface area contributed by atoms with E-state index in [0.29, 0.717) is 5.69 Å². The number of aliphatic carboxylic acids is 1. The summed E-state index contributed by atoms with van der Waals surface area (Å²) in [5.41, 5.74) is 0.670. The fourth-order valence-electron chi connectivity index (χ4n) is 2.12. The Hall–Kier alpha value is -0.980. The molecular weight excluding hydrogens is 250 g/mol. The molecule has 1 atom stereocenters. The molecule has 0 amide bonds. The van der Waals surface area contributed by atoms with E-state index in [1.807, 2.05) is 5.38 Å². The largest absolute Gasteiger partial charge is 0.481 e. The Morgan fingerprint density at radius 3 is 2.78 bits per heavy atom. The lowest BCUT2D eigenvalue weighted by molar-refractivity contribution is -0.136. The summed E-state index contributed by atoms with van der Waals surface area (Å²) in [7, 11) is 2.14. The molecule has 100 valence electrons. The first-order valence-corrected chi connectivity index (χ1v) is 7.03. The van der Waals surface area contributed by atoms with Gasteiger partial charge in [0.15, 0.2) is 0 Å². The van der Waals surface area contributed by atoms with Crippen molar-refractivity contribution in [1.82, 2.24) is 14.8 Å². The molecule has 0 aromatic carbocycles. The predicted octanol–water partition coefficient (Wildman–Crippen LogP) is 1.08. The minimum atomic E-state index is -0.820. The summed E-state index contributed by atoms with van der Waals surface area (Å²) in [5, 5.41) is 11.6. The van der Waals surface area contributed by atoms with Gasteiger partial charge in [0.2, 0.25) is 0 Å². The van der Waals surface area contributed by atoms with E-state index < -0.39 is 5.97 Å². The monoisotopic (exact) mass is 269 g/mol. The number of thiazole rings is 1. The Balaban J connectivity index is 1.98. The van der Waals surface area contributed by atoms with Gasteiger partial charge in [-0.25, -0.2) is 4.98 Å². The molecule has 0 aliphatic carbocycles. The van der Waals surface area contributed by atoms with Crippen LogP contribution in [0.4, 0.5) is 0 Å². The minimum Gasteiger partial charge on any atom is -0.481 e. The van der Waals surface area contributed by atoms with Gasteiger partial charge in [-0.15, -0.1) is 11.3 Å². The number of hydrogen-bond donors (Lipinski definition) is 1. The number of aromatic nitrogens is 1. The third kappa shape index (κ3) is 3.28. The normalized spacial score (nSPS) is 19.9. The highest BCUT2D eigenvalue weighted by atomic mass is 32.1. The molecular formula is C12H19N3O2S. The highest BCUT2D eigenvalue weighted by Gasteiger charge is 2.22. The van der Waals surface area contributed by atoms with Crippen LogP contribution in [0.15, 0.2) is 5.38 Å². The fraction of sp³-hybridized carbons (Fsp3) is 0.667. The molecule has 6 heteroatoms. The highest BCUT2D eigenvalue weighted by molar-refractivity contribution is 7.09. The average Bonchev–Trinajstić information content (AvgIpc) is 2.76. The summed E-state index contributed by atoms with van der Waals surface area (Å²) < 4.78 is 0. The zero-order valence-corrected chi connectivity index (χ0v) is 11.6. The van der Waals surface area contributed by atoms with Crippen LogP contribution in [0.5, 0.6) is 0 Å². The zero-order valence-electron chi connectivity index (χ0n) is 10.8. The lowest BCUT2D eigenvalue weighted by Crippen LogP contribution is -2.45. The molecule has 1 aliphatic heterocycles. The van der Waals surface area contributed by atoms with Crippen LogP contribution in [-0.4, -0.2) is 59.1 Å². The van der Waals surface area contributed by atoms with Gasteiger partial charge < -0.3 is 10.0 Å². The fourth-order valence-corrected chi connectivity index (χ4v) is 3.02. The summed E-state index contributed by atoms with van der Waals surface area (Å²) in [5.74, 6) is -0.820. The lowest BCUT2D eigenvalue weighted by atomic mass is 10.2. The first-order chi connectivity index (χ1) is 8.56. The summed E-state index contributed by atoms with van der Waals surface area (Å²) >= 11 is 1.56. The van der Waals surface area contributed by atoms with Crippen molar-refractivity contribution in [3.8, 4) is 0 Å². The summed E-state index contributed by atoms with van der Waals surface area (Å²) in [4.78, 5) is 19.8. The molecule has 0 radical (unpaired) electrons. The van der Waals surface area contributed by atoms with Gasteiger partial charge in [0, 0.05) is 31.6 Å². The molecule has 18 heavy (non-hydrogen) atoms. The van der Waals surface area contributed by atoms with Crippen LogP contribution in [0.25, 0.3) is 0 Å². The number of carboxylic acids is 1.